The van der Waals surface area contributed by atoms with Gasteiger partial charge in [0.05, 0.1) is 11.5 Å². The zero-order valence-corrected chi connectivity index (χ0v) is 9.63. The van der Waals surface area contributed by atoms with E-state index in [4.69, 9.17) is 5.73 Å². The van der Waals surface area contributed by atoms with Crippen molar-refractivity contribution in [3.05, 3.63) is 29.6 Å². The number of nitrogens with zero attached hydrogens (tertiary/aromatic N) is 1. The lowest BCUT2D eigenvalue weighted by Crippen LogP contribution is -2.13. The van der Waals surface area contributed by atoms with Crippen molar-refractivity contribution in [2.45, 2.75) is 19.1 Å². The molecule has 5 heteroatoms. The molecule has 0 saturated carbocycles. The molecule has 0 aliphatic carbocycles. The summed E-state index contributed by atoms with van der Waals surface area (Å²) in [4.78, 5) is 3.96. The van der Waals surface area contributed by atoms with Gasteiger partial charge in [-0.3, -0.25) is 4.98 Å². The van der Waals surface area contributed by atoms with Gasteiger partial charge in [0.25, 0.3) is 0 Å². The standard InChI is InChI=1S/C10H16N2O2S/c1-9-5-10(7-12-6-9)8-15(13,14)4-2-3-11/h5-7H,2-4,8,11H2,1H3. The summed E-state index contributed by atoms with van der Waals surface area (Å²) in [6.07, 6.45) is 3.81. The van der Waals surface area contributed by atoms with Crippen LogP contribution in [0.1, 0.15) is 17.5 Å². The molecular formula is C10H16N2O2S. The van der Waals surface area contributed by atoms with Gasteiger partial charge in [-0.2, -0.15) is 0 Å². The first-order chi connectivity index (χ1) is 7.03. The molecule has 0 amide bonds. The van der Waals surface area contributed by atoms with Crippen LogP contribution in [0.15, 0.2) is 18.5 Å². The van der Waals surface area contributed by atoms with E-state index in [2.05, 4.69) is 4.98 Å². The number of pyridine rings is 1. The monoisotopic (exact) mass is 228 g/mol. The van der Waals surface area contributed by atoms with Crippen LogP contribution in [-0.2, 0) is 15.6 Å². The fourth-order valence-electron chi connectivity index (χ4n) is 1.33. The zero-order chi connectivity index (χ0) is 11.3. The van der Waals surface area contributed by atoms with E-state index in [9.17, 15) is 8.42 Å². The SMILES string of the molecule is Cc1cncc(CS(=O)(=O)CCCN)c1. The van der Waals surface area contributed by atoms with Crippen molar-refractivity contribution in [1.29, 1.82) is 0 Å². The second kappa shape index (κ2) is 5.23. The Morgan fingerprint density at radius 1 is 1.40 bits per heavy atom. The van der Waals surface area contributed by atoms with Gasteiger partial charge in [0.1, 0.15) is 0 Å². The molecule has 0 fully saturated rings. The topological polar surface area (TPSA) is 73.0 Å². The second-order valence-electron chi connectivity index (χ2n) is 3.60. The first kappa shape index (κ1) is 12.1. The molecule has 0 aromatic carbocycles. The van der Waals surface area contributed by atoms with Crippen LogP contribution in [0.3, 0.4) is 0 Å². The van der Waals surface area contributed by atoms with Crippen LogP contribution in [0.25, 0.3) is 0 Å². The van der Waals surface area contributed by atoms with E-state index in [-0.39, 0.29) is 11.5 Å². The van der Waals surface area contributed by atoms with Crippen molar-refractivity contribution < 1.29 is 8.42 Å². The molecule has 0 atom stereocenters. The van der Waals surface area contributed by atoms with E-state index < -0.39 is 9.84 Å². The Bertz CT molecular complexity index is 415. The third kappa shape index (κ3) is 4.40. The highest BCUT2D eigenvalue weighted by Crippen LogP contribution is 2.07. The van der Waals surface area contributed by atoms with E-state index in [1.54, 1.807) is 12.4 Å². The summed E-state index contributed by atoms with van der Waals surface area (Å²) in [5.41, 5.74) is 6.99. The summed E-state index contributed by atoms with van der Waals surface area (Å²) in [7, 11) is -3.03. The fraction of sp³-hybridized carbons (Fsp3) is 0.500. The minimum atomic E-state index is -3.03. The summed E-state index contributed by atoms with van der Waals surface area (Å²) in [5, 5.41) is 0. The van der Waals surface area contributed by atoms with Gasteiger partial charge in [-0.1, -0.05) is 6.07 Å². The Morgan fingerprint density at radius 2 is 2.13 bits per heavy atom. The maximum absolute atomic E-state index is 11.6. The Morgan fingerprint density at radius 3 is 2.73 bits per heavy atom. The number of hydrogen-bond donors (Lipinski definition) is 1. The normalized spacial score (nSPS) is 11.6. The van der Waals surface area contributed by atoms with Gasteiger partial charge >= 0.3 is 0 Å². The second-order valence-corrected chi connectivity index (χ2v) is 5.79. The third-order valence-corrected chi connectivity index (χ3v) is 3.66. The average molecular weight is 228 g/mol. The van der Waals surface area contributed by atoms with Gasteiger partial charge in [0, 0.05) is 12.4 Å². The van der Waals surface area contributed by atoms with Gasteiger partial charge in [-0.15, -0.1) is 0 Å². The molecule has 2 N–H and O–H groups in total. The van der Waals surface area contributed by atoms with Crippen LogP contribution >= 0.6 is 0 Å². The number of rotatable bonds is 5. The summed E-state index contributed by atoms with van der Waals surface area (Å²) in [5.74, 6) is 0.207. The third-order valence-electron chi connectivity index (χ3n) is 1.98. The van der Waals surface area contributed by atoms with Crippen LogP contribution in [0.2, 0.25) is 0 Å². The Kier molecular flexibility index (Phi) is 4.23. The highest BCUT2D eigenvalue weighted by Gasteiger charge is 2.11. The number of aryl methyl sites for hydroxylation is 1. The molecule has 0 saturated heterocycles. The van der Waals surface area contributed by atoms with Gasteiger partial charge in [0.15, 0.2) is 9.84 Å². The highest BCUT2D eigenvalue weighted by molar-refractivity contribution is 7.90. The number of aromatic nitrogens is 1. The van der Waals surface area contributed by atoms with Crippen LogP contribution in [-0.4, -0.2) is 25.7 Å². The van der Waals surface area contributed by atoms with Crippen LogP contribution in [0, 0.1) is 6.92 Å². The Labute approximate surface area is 90.4 Å². The van der Waals surface area contributed by atoms with Crippen molar-refractivity contribution in [2.75, 3.05) is 12.3 Å². The highest BCUT2D eigenvalue weighted by atomic mass is 32.2. The van der Waals surface area contributed by atoms with Crippen molar-refractivity contribution in [2.24, 2.45) is 5.73 Å². The van der Waals surface area contributed by atoms with E-state index >= 15 is 0 Å². The van der Waals surface area contributed by atoms with Gasteiger partial charge < -0.3 is 5.73 Å². The summed E-state index contributed by atoms with van der Waals surface area (Å²) in [6.45, 7) is 2.30. The molecule has 0 aliphatic rings. The van der Waals surface area contributed by atoms with Crippen LogP contribution in [0.5, 0.6) is 0 Å². The van der Waals surface area contributed by atoms with E-state index in [0.717, 1.165) is 11.1 Å². The first-order valence-corrected chi connectivity index (χ1v) is 6.66. The molecule has 1 heterocycles. The van der Waals surface area contributed by atoms with Gasteiger partial charge in [-0.25, -0.2) is 8.42 Å². The molecule has 0 unspecified atom stereocenters. The predicted octanol–water partition coefficient (Wildman–Crippen LogP) is 0.654. The largest absolute Gasteiger partial charge is 0.330 e. The molecule has 4 nitrogen and oxygen atoms in total. The summed E-state index contributed by atoms with van der Waals surface area (Å²) in [6, 6.07) is 1.84. The van der Waals surface area contributed by atoms with Gasteiger partial charge in [0.2, 0.25) is 0 Å². The predicted molar refractivity (Wildman–Crippen MR) is 60.1 cm³/mol. The number of nitrogens with two attached hydrogens (primary N) is 1. The molecule has 0 aliphatic heterocycles. The van der Waals surface area contributed by atoms with E-state index in [0.29, 0.717) is 13.0 Å². The Balaban J connectivity index is 2.69. The Hall–Kier alpha value is -0.940. The molecule has 15 heavy (non-hydrogen) atoms. The lowest BCUT2D eigenvalue weighted by molar-refractivity contribution is 0.592. The molecule has 0 radical (unpaired) electrons. The molecule has 1 rings (SSSR count). The molecule has 0 bridgehead atoms. The number of sulfone groups is 1. The molecule has 1 aromatic heterocycles. The lowest BCUT2D eigenvalue weighted by atomic mass is 10.2. The van der Waals surface area contributed by atoms with Crippen molar-refractivity contribution >= 4 is 9.84 Å². The van der Waals surface area contributed by atoms with Crippen molar-refractivity contribution in [1.82, 2.24) is 4.98 Å². The maximum atomic E-state index is 11.6. The lowest BCUT2D eigenvalue weighted by Gasteiger charge is -2.03. The van der Waals surface area contributed by atoms with E-state index in [1.165, 1.54) is 0 Å². The molecular weight excluding hydrogens is 212 g/mol. The fourth-order valence-corrected chi connectivity index (χ4v) is 2.74. The van der Waals surface area contributed by atoms with Crippen molar-refractivity contribution in [3.8, 4) is 0 Å². The number of hydrogen-bond acceptors (Lipinski definition) is 4. The average Bonchev–Trinajstić information content (AvgIpc) is 2.14. The molecule has 0 spiro atoms. The molecule has 84 valence electrons. The van der Waals surface area contributed by atoms with Crippen LogP contribution in [0.4, 0.5) is 0 Å². The first-order valence-electron chi connectivity index (χ1n) is 4.84. The quantitative estimate of drug-likeness (QED) is 0.803. The zero-order valence-electron chi connectivity index (χ0n) is 8.81. The van der Waals surface area contributed by atoms with E-state index in [1.807, 2.05) is 13.0 Å². The van der Waals surface area contributed by atoms with Crippen molar-refractivity contribution in [3.63, 3.8) is 0 Å². The maximum Gasteiger partial charge on any atom is 0.154 e. The summed E-state index contributed by atoms with van der Waals surface area (Å²) < 4.78 is 23.2. The summed E-state index contributed by atoms with van der Waals surface area (Å²) >= 11 is 0. The van der Waals surface area contributed by atoms with Gasteiger partial charge in [-0.05, 0) is 31.0 Å². The minimum Gasteiger partial charge on any atom is -0.330 e. The molecule has 1 aromatic rings. The minimum absolute atomic E-state index is 0.0572. The van der Waals surface area contributed by atoms with Crippen LogP contribution < -0.4 is 5.73 Å². The smallest absolute Gasteiger partial charge is 0.154 e.